The number of aliphatic hydroxyl groups excluding tert-OH is 1. The van der Waals surface area contributed by atoms with Crippen molar-refractivity contribution in [1.82, 2.24) is 4.90 Å². The summed E-state index contributed by atoms with van der Waals surface area (Å²) in [5.41, 5.74) is 1.29. The number of hydrogen-bond donors (Lipinski definition) is 1. The summed E-state index contributed by atoms with van der Waals surface area (Å²) in [4.78, 5) is 2.41. The number of hydrogen-bond acceptors (Lipinski definition) is 2. The van der Waals surface area contributed by atoms with Gasteiger partial charge in [-0.15, -0.1) is 0 Å². The van der Waals surface area contributed by atoms with Crippen LogP contribution in [0.1, 0.15) is 18.4 Å². The average molecular weight is 240 g/mol. The molecule has 1 aliphatic heterocycles. The second-order valence-corrected chi connectivity index (χ2v) is 4.99. The van der Waals surface area contributed by atoms with Gasteiger partial charge in [-0.2, -0.15) is 0 Å². The smallest absolute Gasteiger partial charge is 0.0471 e. The Balaban J connectivity index is 1.91. The van der Waals surface area contributed by atoms with Crippen LogP contribution in [0.2, 0.25) is 5.02 Å². The molecule has 16 heavy (non-hydrogen) atoms. The molecule has 0 unspecified atom stereocenters. The van der Waals surface area contributed by atoms with Crippen LogP contribution in [0.3, 0.4) is 0 Å². The quantitative estimate of drug-likeness (QED) is 0.877. The first-order valence-corrected chi connectivity index (χ1v) is 6.23. The molecule has 0 aliphatic carbocycles. The van der Waals surface area contributed by atoms with Gasteiger partial charge in [-0.05, 0) is 43.0 Å². The van der Waals surface area contributed by atoms with E-state index in [1.807, 2.05) is 12.1 Å². The molecule has 1 atom stereocenters. The topological polar surface area (TPSA) is 23.5 Å². The fourth-order valence-electron chi connectivity index (χ4n) is 2.29. The zero-order chi connectivity index (χ0) is 11.4. The third kappa shape index (κ3) is 3.21. The number of benzene rings is 1. The van der Waals surface area contributed by atoms with Gasteiger partial charge in [0.1, 0.15) is 0 Å². The highest BCUT2D eigenvalue weighted by atomic mass is 35.5. The zero-order valence-corrected chi connectivity index (χ0v) is 10.2. The molecule has 0 aromatic heterocycles. The number of aliphatic hydroxyl groups is 1. The fraction of sp³-hybridized carbons (Fsp3) is 0.538. The van der Waals surface area contributed by atoms with Crippen molar-refractivity contribution in [2.24, 2.45) is 5.92 Å². The molecule has 1 saturated heterocycles. The van der Waals surface area contributed by atoms with E-state index < -0.39 is 0 Å². The molecule has 1 heterocycles. The summed E-state index contributed by atoms with van der Waals surface area (Å²) in [6.07, 6.45) is 2.35. The number of halogens is 1. The van der Waals surface area contributed by atoms with Gasteiger partial charge < -0.3 is 5.11 Å². The van der Waals surface area contributed by atoms with Crippen molar-refractivity contribution in [2.75, 3.05) is 19.7 Å². The predicted octanol–water partition coefficient (Wildman–Crippen LogP) is 2.54. The molecule has 3 heteroatoms. The summed E-state index contributed by atoms with van der Waals surface area (Å²) >= 11 is 5.85. The Labute approximate surface area is 102 Å². The average Bonchev–Trinajstić information content (AvgIpc) is 2.32. The first-order valence-electron chi connectivity index (χ1n) is 5.85. The number of likely N-dealkylation sites (tertiary alicyclic amines) is 1. The minimum Gasteiger partial charge on any atom is -0.396 e. The maximum Gasteiger partial charge on any atom is 0.0471 e. The maximum atomic E-state index is 9.17. The number of piperidine rings is 1. The van der Waals surface area contributed by atoms with Crippen LogP contribution in [0.4, 0.5) is 0 Å². The van der Waals surface area contributed by atoms with Gasteiger partial charge in [-0.25, -0.2) is 0 Å². The van der Waals surface area contributed by atoms with E-state index in [4.69, 9.17) is 16.7 Å². The molecule has 1 fully saturated rings. The lowest BCUT2D eigenvalue weighted by atomic mass is 9.98. The van der Waals surface area contributed by atoms with Crippen LogP contribution in [0, 0.1) is 5.92 Å². The van der Waals surface area contributed by atoms with E-state index in [0.717, 1.165) is 31.1 Å². The third-order valence-electron chi connectivity index (χ3n) is 3.18. The van der Waals surface area contributed by atoms with Crippen molar-refractivity contribution in [1.29, 1.82) is 0 Å². The fourth-order valence-corrected chi connectivity index (χ4v) is 2.42. The van der Waals surface area contributed by atoms with E-state index in [1.165, 1.54) is 12.0 Å². The normalized spacial score (nSPS) is 22.2. The molecule has 1 aliphatic rings. The summed E-state index contributed by atoms with van der Waals surface area (Å²) in [6.45, 7) is 3.43. The highest BCUT2D eigenvalue weighted by molar-refractivity contribution is 6.30. The van der Waals surface area contributed by atoms with Crippen LogP contribution < -0.4 is 0 Å². The van der Waals surface area contributed by atoms with Crippen LogP contribution in [0.25, 0.3) is 0 Å². The Morgan fingerprint density at radius 2 is 2.06 bits per heavy atom. The predicted molar refractivity (Wildman–Crippen MR) is 66.5 cm³/mol. The Morgan fingerprint density at radius 3 is 2.75 bits per heavy atom. The lowest BCUT2D eigenvalue weighted by molar-refractivity contribution is 0.116. The molecule has 1 N–H and O–H groups in total. The highest BCUT2D eigenvalue weighted by Gasteiger charge is 2.18. The van der Waals surface area contributed by atoms with Crippen LogP contribution in [0.5, 0.6) is 0 Å². The molecular weight excluding hydrogens is 222 g/mol. The number of rotatable bonds is 3. The summed E-state index contributed by atoms with van der Waals surface area (Å²) < 4.78 is 0. The van der Waals surface area contributed by atoms with Crippen LogP contribution >= 0.6 is 11.6 Å². The summed E-state index contributed by atoms with van der Waals surface area (Å²) in [7, 11) is 0. The minimum absolute atomic E-state index is 0.317. The van der Waals surface area contributed by atoms with Gasteiger partial charge in [-0.1, -0.05) is 23.7 Å². The molecule has 88 valence electrons. The van der Waals surface area contributed by atoms with Crippen molar-refractivity contribution in [3.63, 3.8) is 0 Å². The molecule has 2 rings (SSSR count). The molecule has 1 aromatic rings. The molecular formula is C13H18ClNO. The molecule has 2 nitrogen and oxygen atoms in total. The Kier molecular flexibility index (Phi) is 4.22. The van der Waals surface area contributed by atoms with Gasteiger partial charge in [0.05, 0.1) is 0 Å². The van der Waals surface area contributed by atoms with Crippen molar-refractivity contribution in [2.45, 2.75) is 19.4 Å². The van der Waals surface area contributed by atoms with Crippen molar-refractivity contribution >= 4 is 11.6 Å². The molecule has 1 aromatic carbocycles. The van der Waals surface area contributed by atoms with E-state index in [-0.39, 0.29) is 0 Å². The van der Waals surface area contributed by atoms with Gasteiger partial charge in [0.15, 0.2) is 0 Å². The van der Waals surface area contributed by atoms with Gasteiger partial charge in [0.25, 0.3) is 0 Å². The summed E-state index contributed by atoms with van der Waals surface area (Å²) in [5.74, 6) is 0.459. The molecule has 0 saturated carbocycles. The van der Waals surface area contributed by atoms with Gasteiger partial charge in [0, 0.05) is 24.7 Å². The maximum absolute atomic E-state index is 9.17. The molecule has 0 amide bonds. The Hall–Kier alpha value is -0.570. The summed E-state index contributed by atoms with van der Waals surface area (Å²) in [6, 6.07) is 8.02. The highest BCUT2D eigenvalue weighted by Crippen LogP contribution is 2.18. The lowest BCUT2D eigenvalue weighted by Gasteiger charge is -2.31. The van der Waals surface area contributed by atoms with Gasteiger partial charge >= 0.3 is 0 Å². The van der Waals surface area contributed by atoms with Gasteiger partial charge in [0.2, 0.25) is 0 Å². The molecule has 0 bridgehead atoms. The van der Waals surface area contributed by atoms with E-state index in [1.54, 1.807) is 0 Å². The number of nitrogens with zero attached hydrogens (tertiary/aromatic N) is 1. The van der Waals surface area contributed by atoms with Crippen LogP contribution in [0.15, 0.2) is 24.3 Å². The van der Waals surface area contributed by atoms with Crippen molar-refractivity contribution in [3.05, 3.63) is 34.9 Å². The second kappa shape index (κ2) is 5.67. The second-order valence-electron chi connectivity index (χ2n) is 4.55. The van der Waals surface area contributed by atoms with Gasteiger partial charge in [-0.3, -0.25) is 4.90 Å². The first kappa shape index (κ1) is 11.9. The first-order chi connectivity index (χ1) is 7.78. The third-order valence-corrected chi connectivity index (χ3v) is 3.43. The molecule has 0 spiro atoms. The summed E-state index contributed by atoms with van der Waals surface area (Å²) in [5, 5.41) is 9.95. The largest absolute Gasteiger partial charge is 0.396 e. The van der Waals surface area contributed by atoms with Crippen LogP contribution in [-0.2, 0) is 6.54 Å². The van der Waals surface area contributed by atoms with E-state index in [2.05, 4.69) is 17.0 Å². The van der Waals surface area contributed by atoms with Crippen molar-refractivity contribution < 1.29 is 5.11 Å². The van der Waals surface area contributed by atoms with Crippen LogP contribution in [-0.4, -0.2) is 29.7 Å². The van der Waals surface area contributed by atoms with E-state index in [0.29, 0.717) is 12.5 Å². The SMILES string of the molecule is OC[C@@H]1CCCN(Cc2ccc(Cl)cc2)C1. The Bertz CT molecular complexity index is 325. The lowest BCUT2D eigenvalue weighted by Crippen LogP contribution is -2.36. The monoisotopic (exact) mass is 239 g/mol. The van der Waals surface area contributed by atoms with E-state index in [9.17, 15) is 0 Å². The molecule has 0 radical (unpaired) electrons. The standard InChI is InChI=1S/C13H18ClNO/c14-13-5-3-11(4-6-13)8-15-7-1-2-12(9-15)10-16/h3-6,12,16H,1-2,7-10H2/t12-/m1/s1. The minimum atomic E-state index is 0.317. The van der Waals surface area contributed by atoms with E-state index >= 15 is 0 Å². The Morgan fingerprint density at radius 1 is 1.31 bits per heavy atom. The zero-order valence-electron chi connectivity index (χ0n) is 9.40. The van der Waals surface area contributed by atoms with Crippen molar-refractivity contribution in [3.8, 4) is 0 Å².